The fourth-order valence-corrected chi connectivity index (χ4v) is 3.20. The molecule has 3 aromatic rings. The molecule has 1 aliphatic heterocycles. The average molecular weight is 375 g/mol. The summed E-state index contributed by atoms with van der Waals surface area (Å²) >= 11 is 0. The minimum Gasteiger partial charge on any atom is -0.319 e. The predicted octanol–water partition coefficient (Wildman–Crippen LogP) is 4.67. The van der Waals surface area contributed by atoms with Crippen LogP contribution in [0, 0.1) is 5.82 Å². The molecule has 2 N–H and O–H groups in total. The number of fused-ring (bicyclic) bond motifs is 1. The van der Waals surface area contributed by atoms with Gasteiger partial charge in [0.05, 0.1) is 5.69 Å². The molecule has 0 saturated heterocycles. The van der Waals surface area contributed by atoms with Gasteiger partial charge in [0.25, 0.3) is 5.91 Å². The number of carbonyl (C=O) groups excluding carboxylic acids is 2. The Hall–Kier alpha value is -3.67. The molecular weight excluding hydrogens is 357 g/mol. The van der Waals surface area contributed by atoms with E-state index in [4.69, 9.17) is 0 Å². The number of amides is 3. The maximum absolute atomic E-state index is 13.8. The van der Waals surface area contributed by atoms with Crippen LogP contribution in [0.25, 0.3) is 0 Å². The topological polar surface area (TPSA) is 61.4 Å². The van der Waals surface area contributed by atoms with E-state index in [9.17, 15) is 14.0 Å². The minimum absolute atomic E-state index is 0.117. The first-order chi connectivity index (χ1) is 13.6. The molecule has 0 aromatic heterocycles. The fraction of sp³-hybridized carbons (Fsp3) is 0.0909. The standard InChI is InChI=1S/C22H18FN3O2/c23-18-8-4-5-9-19(18)25-21(27)16-11-10-15-12-13-26(20(15)14-16)22(28)24-17-6-2-1-3-7-17/h1-11,14H,12-13H2,(H,24,28)(H,25,27). The van der Waals surface area contributed by atoms with E-state index < -0.39 is 11.7 Å². The second kappa shape index (κ2) is 7.52. The average Bonchev–Trinajstić information content (AvgIpc) is 3.14. The molecule has 5 nitrogen and oxygen atoms in total. The van der Waals surface area contributed by atoms with Gasteiger partial charge in [-0.05, 0) is 48.4 Å². The van der Waals surface area contributed by atoms with Crippen LogP contribution >= 0.6 is 0 Å². The normalized spacial score (nSPS) is 12.4. The Bertz CT molecular complexity index is 1040. The number of benzene rings is 3. The zero-order valence-corrected chi connectivity index (χ0v) is 15.0. The number of rotatable bonds is 3. The lowest BCUT2D eigenvalue weighted by atomic mass is 10.1. The molecule has 0 aliphatic carbocycles. The first-order valence-corrected chi connectivity index (χ1v) is 8.94. The van der Waals surface area contributed by atoms with Crippen molar-refractivity contribution >= 4 is 29.0 Å². The zero-order valence-electron chi connectivity index (χ0n) is 15.0. The molecule has 0 spiro atoms. The highest BCUT2D eigenvalue weighted by Gasteiger charge is 2.26. The third kappa shape index (κ3) is 3.57. The first-order valence-electron chi connectivity index (χ1n) is 8.94. The number of hydrogen-bond donors (Lipinski definition) is 2. The van der Waals surface area contributed by atoms with Crippen LogP contribution in [-0.4, -0.2) is 18.5 Å². The van der Waals surface area contributed by atoms with Crippen molar-refractivity contribution in [2.75, 3.05) is 22.1 Å². The van der Waals surface area contributed by atoms with Crippen LogP contribution in [-0.2, 0) is 6.42 Å². The van der Waals surface area contributed by atoms with Crippen molar-refractivity contribution < 1.29 is 14.0 Å². The largest absolute Gasteiger partial charge is 0.326 e. The van der Waals surface area contributed by atoms with E-state index in [-0.39, 0.29) is 11.7 Å². The monoisotopic (exact) mass is 375 g/mol. The Morgan fingerprint density at radius 3 is 2.43 bits per heavy atom. The predicted molar refractivity (Wildman–Crippen MR) is 107 cm³/mol. The van der Waals surface area contributed by atoms with Gasteiger partial charge in [-0.2, -0.15) is 0 Å². The molecular formula is C22H18FN3O2. The van der Waals surface area contributed by atoms with Crippen LogP contribution in [0.1, 0.15) is 15.9 Å². The minimum atomic E-state index is -0.499. The molecule has 1 heterocycles. The Morgan fingerprint density at radius 1 is 0.893 bits per heavy atom. The third-order valence-electron chi connectivity index (χ3n) is 4.64. The van der Waals surface area contributed by atoms with Crippen LogP contribution in [0.2, 0.25) is 0 Å². The maximum Gasteiger partial charge on any atom is 0.326 e. The van der Waals surface area contributed by atoms with Crippen molar-refractivity contribution in [3.8, 4) is 0 Å². The van der Waals surface area contributed by atoms with Gasteiger partial charge in [0.2, 0.25) is 0 Å². The van der Waals surface area contributed by atoms with Crippen LogP contribution in [0.5, 0.6) is 0 Å². The summed E-state index contributed by atoms with van der Waals surface area (Å²) in [5, 5.41) is 5.43. The van der Waals surface area contributed by atoms with Gasteiger partial charge < -0.3 is 10.6 Å². The third-order valence-corrected chi connectivity index (χ3v) is 4.64. The number of nitrogens with one attached hydrogen (secondary N) is 2. The summed E-state index contributed by atoms with van der Waals surface area (Å²) in [4.78, 5) is 26.8. The number of anilines is 3. The molecule has 28 heavy (non-hydrogen) atoms. The van der Waals surface area contributed by atoms with Gasteiger partial charge in [-0.25, -0.2) is 9.18 Å². The zero-order chi connectivity index (χ0) is 19.5. The summed E-state index contributed by atoms with van der Waals surface area (Å²) in [6.07, 6.45) is 0.715. The second-order valence-corrected chi connectivity index (χ2v) is 6.48. The summed E-state index contributed by atoms with van der Waals surface area (Å²) in [5.41, 5.74) is 2.86. The summed E-state index contributed by atoms with van der Waals surface area (Å²) < 4.78 is 13.8. The quantitative estimate of drug-likeness (QED) is 0.699. The smallest absolute Gasteiger partial charge is 0.319 e. The van der Waals surface area contributed by atoms with E-state index in [0.717, 1.165) is 5.56 Å². The van der Waals surface area contributed by atoms with Crippen LogP contribution in [0.3, 0.4) is 0 Å². The molecule has 6 heteroatoms. The van der Waals surface area contributed by atoms with E-state index >= 15 is 0 Å². The Labute approximate surface area is 161 Å². The SMILES string of the molecule is O=C(Nc1ccccc1F)c1ccc2c(c1)N(C(=O)Nc1ccccc1)CC2. The molecule has 0 saturated carbocycles. The van der Waals surface area contributed by atoms with Gasteiger partial charge in [-0.3, -0.25) is 9.69 Å². The first kappa shape index (κ1) is 17.7. The number of halogens is 1. The number of nitrogens with zero attached hydrogens (tertiary/aromatic N) is 1. The van der Waals surface area contributed by atoms with Gasteiger partial charge >= 0.3 is 6.03 Å². The van der Waals surface area contributed by atoms with Crippen molar-refractivity contribution in [2.45, 2.75) is 6.42 Å². The highest BCUT2D eigenvalue weighted by molar-refractivity contribution is 6.07. The fourth-order valence-electron chi connectivity index (χ4n) is 3.20. The molecule has 0 bridgehead atoms. The van der Waals surface area contributed by atoms with Gasteiger partial charge in [0.15, 0.2) is 0 Å². The summed E-state index contributed by atoms with van der Waals surface area (Å²) in [6.45, 7) is 0.534. The van der Waals surface area contributed by atoms with E-state index in [1.807, 2.05) is 36.4 Å². The van der Waals surface area contributed by atoms with Crippen molar-refractivity contribution in [3.05, 3.63) is 89.7 Å². The summed E-state index contributed by atoms with van der Waals surface area (Å²) in [7, 11) is 0. The Kier molecular flexibility index (Phi) is 4.76. The maximum atomic E-state index is 13.8. The Morgan fingerprint density at radius 2 is 1.64 bits per heavy atom. The lowest BCUT2D eigenvalue weighted by Gasteiger charge is -2.19. The number of urea groups is 1. The molecule has 0 radical (unpaired) electrons. The highest BCUT2D eigenvalue weighted by atomic mass is 19.1. The van der Waals surface area contributed by atoms with Crippen LogP contribution in [0.4, 0.5) is 26.2 Å². The number of carbonyl (C=O) groups is 2. The van der Waals surface area contributed by atoms with Gasteiger partial charge in [-0.1, -0.05) is 36.4 Å². The van der Waals surface area contributed by atoms with E-state index in [1.165, 1.54) is 12.1 Å². The number of hydrogen-bond acceptors (Lipinski definition) is 2. The molecule has 3 aromatic carbocycles. The summed E-state index contributed by atoms with van der Waals surface area (Å²) in [6, 6.07) is 20.1. The van der Waals surface area contributed by atoms with Crippen molar-refractivity contribution in [3.63, 3.8) is 0 Å². The lowest BCUT2D eigenvalue weighted by Crippen LogP contribution is -2.33. The van der Waals surface area contributed by atoms with Gasteiger partial charge in [-0.15, -0.1) is 0 Å². The van der Waals surface area contributed by atoms with E-state index in [2.05, 4.69) is 10.6 Å². The van der Waals surface area contributed by atoms with Crippen molar-refractivity contribution in [1.82, 2.24) is 0 Å². The van der Waals surface area contributed by atoms with Gasteiger partial charge in [0, 0.05) is 23.5 Å². The molecule has 3 amide bonds. The van der Waals surface area contributed by atoms with E-state index in [1.54, 1.807) is 29.2 Å². The van der Waals surface area contributed by atoms with Crippen LogP contribution < -0.4 is 15.5 Å². The molecule has 140 valence electrons. The highest BCUT2D eigenvalue weighted by Crippen LogP contribution is 2.30. The van der Waals surface area contributed by atoms with Gasteiger partial charge in [0.1, 0.15) is 5.82 Å². The van der Waals surface area contributed by atoms with Crippen molar-refractivity contribution in [2.24, 2.45) is 0 Å². The molecule has 0 atom stereocenters. The lowest BCUT2D eigenvalue weighted by molar-refractivity contribution is 0.102. The molecule has 4 rings (SSSR count). The second-order valence-electron chi connectivity index (χ2n) is 6.48. The summed E-state index contributed by atoms with van der Waals surface area (Å²) in [5.74, 6) is -0.927. The number of para-hydroxylation sites is 2. The molecule has 0 fully saturated rings. The Balaban J connectivity index is 1.54. The molecule has 0 unspecified atom stereocenters. The molecule has 1 aliphatic rings. The van der Waals surface area contributed by atoms with E-state index in [0.29, 0.717) is 29.9 Å². The van der Waals surface area contributed by atoms with Crippen molar-refractivity contribution in [1.29, 1.82) is 0 Å². The van der Waals surface area contributed by atoms with Crippen LogP contribution in [0.15, 0.2) is 72.8 Å².